The molecule has 0 atom stereocenters. The van der Waals surface area contributed by atoms with Crippen LogP contribution in [-0.4, -0.2) is 4.98 Å². The standard InChI is InChI=1S/C15H9NO/c1-2-6-10(7-3-1)14-13-11-8-4-5-9-12(11)15(16-13)17-14/h1-9H. The van der Waals surface area contributed by atoms with E-state index in [1.54, 1.807) is 0 Å². The van der Waals surface area contributed by atoms with Gasteiger partial charge < -0.3 is 4.42 Å². The molecule has 0 saturated carbocycles. The van der Waals surface area contributed by atoms with Crippen LogP contribution in [0, 0.1) is 0 Å². The van der Waals surface area contributed by atoms with Gasteiger partial charge >= 0.3 is 0 Å². The minimum atomic E-state index is 0.731. The summed E-state index contributed by atoms with van der Waals surface area (Å²) in [5, 5.41) is 0. The number of nitrogens with zero attached hydrogens (tertiary/aromatic N) is 1. The van der Waals surface area contributed by atoms with Crippen molar-refractivity contribution in [3.8, 4) is 34.0 Å². The van der Waals surface area contributed by atoms with E-state index in [2.05, 4.69) is 11.1 Å². The van der Waals surface area contributed by atoms with Crippen molar-refractivity contribution in [1.82, 2.24) is 4.98 Å². The van der Waals surface area contributed by atoms with Crippen LogP contribution in [0.5, 0.6) is 0 Å². The van der Waals surface area contributed by atoms with Crippen LogP contribution in [0.3, 0.4) is 0 Å². The zero-order valence-corrected chi connectivity index (χ0v) is 9.05. The lowest BCUT2D eigenvalue weighted by Crippen LogP contribution is -1.83. The third kappa shape index (κ3) is 1.12. The molecule has 2 heteroatoms. The van der Waals surface area contributed by atoms with Crippen LogP contribution in [0.2, 0.25) is 0 Å². The van der Waals surface area contributed by atoms with Crippen LogP contribution in [0.15, 0.2) is 59.0 Å². The lowest BCUT2D eigenvalue weighted by atomic mass is 10.0. The maximum absolute atomic E-state index is 5.80. The quantitative estimate of drug-likeness (QED) is 0.483. The van der Waals surface area contributed by atoms with Gasteiger partial charge in [-0.15, -0.1) is 0 Å². The van der Waals surface area contributed by atoms with E-state index in [0.717, 1.165) is 28.5 Å². The van der Waals surface area contributed by atoms with Crippen LogP contribution in [-0.2, 0) is 0 Å². The van der Waals surface area contributed by atoms with Crippen molar-refractivity contribution in [3.05, 3.63) is 54.6 Å². The Hall–Kier alpha value is -2.35. The molecule has 2 bridgehead atoms. The first-order valence-corrected chi connectivity index (χ1v) is 5.59. The average molecular weight is 219 g/mol. The molecule has 2 nitrogen and oxygen atoms in total. The minimum absolute atomic E-state index is 0.731. The Morgan fingerprint density at radius 3 is 2.29 bits per heavy atom. The summed E-state index contributed by atoms with van der Waals surface area (Å²) in [5.74, 6) is 1.61. The Balaban J connectivity index is 1.96. The maximum Gasteiger partial charge on any atom is 0.228 e. The Bertz CT molecular complexity index is 698. The first-order chi connectivity index (χ1) is 8.43. The molecule has 3 aromatic rings. The Morgan fingerprint density at radius 1 is 0.765 bits per heavy atom. The lowest BCUT2D eigenvalue weighted by Gasteiger charge is -2.06. The molecule has 0 amide bonds. The van der Waals surface area contributed by atoms with E-state index in [-0.39, 0.29) is 0 Å². The molecule has 17 heavy (non-hydrogen) atoms. The summed E-state index contributed by atoms with van der Waals surface area (Å²) >= 11 is 0. The van der Waals surface area contributed by atoms with E-state index in [1.807, 2.05) is 48.5 Å². The van der Waals surface area contributed by atoms with Crippen molar-refractivity contribution in [2.45, 2.75) is 0 Å². The molecule has 1 aliphatic heterocycles. The van der Waals surface area contributed by atoms with E-state index in [1.165, 1.54) is 5.56 Å². The summed E-state index contributed by atoms with van der Waals surface area (Å²) in [6.07, 6.45) is 0. The number of oxazole rings is 1. The third-order valence-electron chi connectivity index (χ3n) is 3.08. The molecule has 0 N–H and O–H groups in total. The second-order valence-electron chi connectivity index (χ2n) is 4.11. The van der Waals surface area contributed by atoms with Crippen LogP contribution in [0.1, 0.15) is 0 Å². The van der Waals surface area contributed by atoms with E-state index < -0.39 is 0 Å². The highest BCUT2D eigenvalue weighted by Gasteiger charge is 2.27. The average Bonchev–Trinajstić information content (AvgIpc) is 2.99. The van der Waals surface area contributed by atoms with Gasteiger partial charge in [0.1, 0.15) is 5.69 Å². The topological polar surface area (TPSA) is 26.0 Å². The van der Waals surface area contributed by atoms with Crippen LogP contribution < -0.4 is 0 Å². The smallest absolute Gasteiger partial charge is 0.228 e. The Labute approximate surface area is 98.6 Å². The van der Waals surface area contributed by atoms with Crippen LogP contribution in [0.4, 0.5) is 0 Å². The molecule has 0 spiro atoms. The van der Waals surface area contributed by atoms with Gasteiger partial charge in [0.15, 0.2) is 5.76 Å². The van der Waals surface area contributed by atoms with Crippen molar-refractivity contribution in [1.29, 1.82) is 0 Å². The summed E-state index contributed by atoms with van der Waals surface area (Å²) in [6.45, 7) is 0. The Morgan fingerprint density at radius 2 is 1.47 bits per heavy atom. The normalized spacial score (nSPS) is 11.5. The molecule has 0 radical (unpaired) electrons. The summed E-state index contributed by atoms with van der Waals surface area (Å²) in [4.78, 5) is 4.50. The van der Waals surface area contributed by atoms with Gasteiger partial charge in [-0.2, -0.15) is 0 Å². The zero-order valence-electron chi connectivity index (χ0n) is 9.05. The molecule has 2 heterocycles. The SMILES string of the molecule is c1ccc(-c2oc3nc2-c2ccccc2-3)cc1. The van der Waals surface area contributed by atoms with Gasteiger partial charge in [0.25, 0.3) is 0 Å². The highest BCUT2D eigenvalue weighted by atomic mass is 16.4. The van der Waals surface area contributed by atoms with E-state index in [0.29, 0.717) is 0 Å². The van der Waals surface area contributed by atoms with Crippen LogP contribution in [0.25, 0.3) is 34.0 Å². The summed E-state index contributed by atoms with van der Waals surface area (Å²) in [5.41, 5.74) is 4.31. The predicted molar refractivity (Wildman–Crippen MR) is 66.4 cm³/mol. The van der Waals surface area contributed by atoms with Gasteiger partial charge in [0.05, 0.1) is 0 Å². The molecular weight excluding hydrogens is 210 g/mol. The molecule has 0 unspecified atom stereocenters. The summed E-state index contributed by atoms with van der Waals surface area (Å²) in [6, 6.07) is 18.3. The summed E-state index contributed by atoms with van der Waals surface area (Å²) < 4.78 is 5.80. The number of rotatable bonds is 1. The van der Waals surface area contributed by atoms with Crippen LogP contribution >= 0.6 is 0 Å². The minimum Gasteiger partial charge on any atom is -0.435 e. The molecule has 0 saturated heterocycles. The van der Waals surface area contributed by atoms with E-state index in [9.17, 15) is 0 Å². The molecule has 0 fully saturated rings. The number of hydrogen-bond donors (Lipinski definition) is 0. The first-order valence-electron chi connectivity index (χ1n) is 5.59. The second kappa shape index (κ2) is 3.08. The van der Waals surface area contributed by atoms with Gasteiger partial charge in [0.2, 0.25) is 5.89 Å². The molecule has 2 aromatic carbocycles. The molecular formula is C15H9NO. The number of benzene rings is 2. The highest BCUT2D eigenvalue weighted by Crippen LogP contribution is 2.45. The molecule has 80 valence electrons. The molecule has 1 aliphatic rings. The fourth-order valence-electron chi connectivity index (χ4n) is 2.28. The summed E-state index contributed by atoms with van der Waals surface area (Å²) in [7, 11) is 0. The van der Waals surface area contributed by atoms with Crippen molar-refractivity contribution in [2.24, 2.45) is 0 Å². The van der Waals surface area contributed by atoms with Crippen molar-refractivity contribution < 1.29 is 4.42 Å². The lowest BCUT2D eigenvalue weighted by molar-refractivity contribution is 0.587. The second-order valence-corrected chi connectivity index (χ2v) is 4.11. The highest BCUT2D eigenvalue weighted by molar-refractivity contribution is 5.91. The third-order valence-corrected chi connectivity index (χ3v) is 3.08. The predicted octanol–water partition coefficient (Wildman–Crippen LogP) is 3.99. The van der Waals surface area contributed by atoms with Gasteiger partial charge in [-0.05, 0) is 6.07 Å². The number of fused-ring (bicyclic) bond motifs is 5. The van der Waals surface area contributed by atoms with E-state index in [4.69, 9.17) is 4.42 Å². The van der Waals surface area contributed by atoms with Crippen molar-refractivity contribution in [3.63, 3.8) is 0 Å². The zero-order chi connectivity index (χ0) is 11.2. The maximum atomic E-state index is 5.80. The van der Waals surface area contributed by atoms with Crippen molar-refractivity contribution in [2.75, 3.05) is 0 Å². The molecule has 1 aromatic heterocycles. The van der Waals surface area contributed by atoms with Gasteiger partial charge in [-0.3, -0.25) is 0 Å². The first kappa shape index (κ1) is 8.76. The fourth-order valence-corrected chi connectivity index (χ4v) is 2.28. The number of hydrogen-bond acceptors (Lipinski definition) is 2. The monoisotopic (exact) mass is 219 g/mol. The van der Waals surface area contributed by atoms with Gasteiger partial charge in [0, 0.05) is 16.7 Å². The van der Waals surface area contributed by atoms with Crippen molar-refractivity contribution >= 4 is 0 Å². The number of aromatic nitrogens is 1. The molecule has 4 rings (SSSR count). The fraction of sp³-hybridized carbons (Fsp3) is 0. The van der Waals surface area contributed by atoms with E-state index >= 15 is 0 Å². The Kier molecular flexibility index (Phi) is 1.59. The van der Waals surface area contributed by atoms with Gasteiger partial charge in [-0.25, -0.2) is 4.98 Å². The van der Waals surface area contributed by atoms with Gasteiger partial charge in [-0.1, -0.05) is 48.5 Å². The largest absolute Gasteiger partial charge is 0.435 e. The molecule has 0 aliphatic carbocycles.